The second kappa shape index (κ2) is 9.61. The van der Waals surface area contributed by atoms with Crippen molar-refractivity contribution in [2.24, 2.45) is 28.6 Å². The molecule has 1 N–H and O–H groups in total. The van der Waals surface area contributed by atoms with E-state index in [1.807, 2.05) is 12.1 Å². The van der Waals surface area contributed by atoms with Gasteiger partial charge < -0.3 is 14.7 Å². The fourth-order valence-corrected chi connectivity index (χ4v) is 10.1. The highest BCUT2D eigenvalue weighted by Crippen LogP contribution is 2.70. The molecule has 5 fully saturated rings. The van der Waals surface area contributed by atoms with Crippen LogP contribution in [0.1, 0.15) is 95.5 Å². The van der Waals surface area contributed by atoms with E-state index in [0.717, 1.165) is 43.4 Å². The molecule has 1 aromatic carbocycles. The summed E-state index contributed by atoms with van der Waals surface area (Å²) in [6.07, 6.45) is 15.1. The van der Waals surface area contributed by atoms with E-state index in [9.17, 15) is 5.11 Å². The summed E-state index contributed by atoms with van der Waals surface area (Å²) in [7, 11) is 0. The van der Waals surface area contributed by atoms with E-state index >= 15 is 0 Å². The standard InChI is InChI=1S/C31H46ClNO2/c1-29-15-3-2-6-24(29)9-12-28-27(29)13-16-30(22-35-21-20-33-18-4-5-19-33)26(14-17-31(28,30)34)23-7-10-25(32)11-8-23/h7-8,10-11,24,26-28,34H,2-6,9,12-22H2,1H3/t24-,26+,27-,28+,29-,30-,31-/m0/s1. The fraction of sp³-hybridized carbons (Fsp3) is 0.806. The molecule has 5 aliphatic rings. The molecular weight excluding hydrogens is 454 g/mol. The van der Waals surface area contributed by atoms with Crippen LogP contribution in [0, 0.1) is 28.6 Å². The van der Waals surface area contributed by atoms with Gasteiger partial charge >= 0.3 is 0 Å². The predicted molar refractivity (Wildman–Crippen MR) is 143 cm³/mol. The molecule has 0 radical (unpaired) electrons. The van der Waals surface area contributed by atoms with Gasteiger partial charge in [-0.1, -0.05) is 43.5 Å². The molecule has 1 aliphatic heterocycles. The van der Waals surface area contributed by atoms with E-state index in [4.69, 9.17) is 16.3 Å². The highest BCUT2D eigenvalue weighted by atomic mass is 35.5. The molecule has 35 heavy (non-hydrogen) atoms. The third-order valence-corrected chi connectivity index (χ3v) is 12.1. The smallest absolute Gasteiger partial charge is 0.0762 e. The number of hydrogen-bond donors (Lipinski definition) is 1. The topological polar surface area (TPSA) is 32.7 Å². The molecule has 0 amide bonds. The second-order valence-electron chi connectivity index (χ2n) is 13.1. The summed E-state index contributed by atoms with van der Waals surface area (Å²) in [6, 6.07) is 8.51. The van der Waals surface area contributed by atoms with Gasteiger partial charge in [0.15, 0.2) is 0 Å². The van der Waals surface area contributed by atoms with Gasteiger partial charge in [0.1, 0.15) is 0 Å². The van der Waals surface area contributed by atoms with E-state index < -0.39 is 5.60 Å². The predicted octanol–water partition coefficient (Wildman–Crippen LogP) is 7.06. The van der Waals surface area contributed by atoms with Crippen LogP contribution in [-0.4, -0.2) is 48.5 Å². The van der Waals surface area contributed by atoms with Crippen molar-refractivity contribution in [1.29, 1.82) is 0 Å². The molecule has 6 rings (SSSR count). The van der Waals surface area contributed by atoms with E-state index in [0.29, 0.717) is 29.8 Å². The fourth-order valence-electron chi connectivity index (χ4n) is 10.0. The average Bonchev–Trinajstić information content (AvgIpc) is 3.48. The van der Waals surface area contributed by atoms with E-state index in [1.54, 1.807) is 0 Å². The van der Waals surface area contributed by atoms with E-state index in [2.05, 4.69) is 24.0 Å². The lowest BCUT2D eigenvalue weighted by atomic mass is 9.43. The Morgan fingerprint density at radius 2 is 1.71 bits per heavy atom. The van der Waals surface area contributed by atoms with E-state index in [1.165, 1.54) is 76.4 Å². The first-order valence-corrected chi connectivity index (χ1v) is 15.1. The molecule has 7 atom stereocenters. The van der Waals surface area contributed by atoms with Crippen LogP contribution < -0.4 is 0 Å². The van der Waals surface area contributed by atoms with Crippen LogP contribution in [0.4, 0.5) is 0 Å². The van der Waals surface area contributed by atoms with Crippen molar-refractivity contribution in [2.45, 2.75) is 95.5 Å². The number of hydrogen-bond acceptors (Lipinski definition) is 3. The molecule has 1 saturated heterocycles. The Kier molecular flexibility index (Phi) is 6.78. The van der Waals surface area contributed by atoms with Crippen LogP contribution in [0.5, 0.6) is 0 Å². The Balaban J connectivity index is 1.29. The number of likely N-dealkylation sites (tertiary alicyclic amines) is 1. The number of ether oxygens (including phenoxy) is 1. The van der Waals surface area contributed by atoms with Gasteiger partial charge in [-0.2, -0.15) is 0 Å². The van der Waals surface area contributed by atoms with Gasteiger partial charge in [0.05, 0.1) is 18.8 Å². The molecule has 4 saturated carbocycles. The van der Waals surface area contributed by atoms with Gasteiger partial charge in [-0.25, -0.2) is 0 Å². The lowest BCUT2D eigenvalue weighted by Gasteiger charge is -2.64. The van der Waals surface area contributed by atoms with Gasteiger partial charge in [-0.05, 0) is 124 Å². The molecule has 3 nitrogen and oxygen atoms in total. The summed E-state index contributed by atoms with van der Waals surface area (Å²) < 4.78 is 6.56. The van der Waals surface area contributed by atoms with Crippen molar-refractivity contribution in [3.63, 3.8) is 0 Å². The summed E-state index contributed by atoms with van der Waals surface area (Å²) >= 11 is 6.28. The highest BCUT2D eigenvalue weighted by molar-refractivity contribution is 6.30. The Labute approximate surface area is 217 Å². The third-order valence-electron chi connectivity index (χ3n) is 11.9. The van der Waals surface area contributed by atoms with Gasteiger partial charge in [0, 0.05) is 17.0 Å². The maximum Gasteiger partial charge on any atom is 0.0762 e. The number of rotatable bonds is 6. The monoisotopic (exact) mass is 499 g/mol. The molecule has 194 valence electrons. The third kappa shape index (κ3) is 4.03. The Morgan fingerprint density at radius 3 is 2.51 bits per heavy atom. The SMILES string of the molecule is C[C@]12CCCC[C@H]1CC[C@@H]1[C@@H]2CC[C@]2(COCCN3CCCC3)[C@@H](c3ccc(Cl)cc3)CC[C@]12O. The van der Waals surface area contributed by atoms with Crippen LogP contribution in [-0.2, 0) is 4.74 Å². The van der Waals surface area contributed by atoms with Gasteiger partial charge in [0.2, 0.25) is 0 Å². The number of halogens is 1. The molecule has 4 aliphatic carbocycles. The van der Waals surface area contributed by atoms with Crippen molar-refractivity contribution in [2.75, 3.05) is 32.8 Å². The minimum absolute atomic E-state index is 0.176. The van der Waals surface area contributed by atoms with Crippen molar-refractivity contribution < 1.29 is 9.84 Å². The van der Waals surface area contributed by atoms with Crippen LogP contribution in [0.15, 0.2) is 24.3 Å². The van der Waals surface area contributed by atoms with Gasteiger partial charge in [-0.3, -0.25) is 0 Å². The lowest BCUT2D eigenvalue weighted by Crippen LogP contribution is -2.63. The number of aliphatic hydroxyl groups is 1. The minimum Gasteiger partial charge on any atom is -0.389 e. The average molecular weight is 500 g/mol. The number of benzene rings is 1. The Morgan fingerprint density at radius 1 is 0.914 bits per heavy atom. The largest absolute Gasteiger partial charge is 0.389 e. The summed E-state index contributed by atoms with van der Waals surface area (Å²) in [5.74, 6) is 2.33. The zero-order valence-corrected chi connectivity index (χ0v) is 22.6. The quantitative estimate of drug-likeness (QED) is 0.425. The summed E-state index contributed by atoms with van der Waals surface area (Å²) in [5.41, 5.74) is 0.992. The molecule has 0 spiro atoms. The number of nitrogens with zero attached hydrogens (tertiary/aromatic N) is 1. The summed E-state index contributed by atoms with van der Waals surface area (Å²) in [4.78, 5) is 2.54. The van der Waals surface area contributed by atoms with Crippen LogP contribution in [0.2, 0.25) is 5.02 Å². The lowest BCUT2D eigenvalue weighted by molar-refractivity contribution is -0.220. The Hall–Kier alpha value is -0.610. The molecular formula is C31H46ClNO2. The van der Waals surface area contributed by atoms with Gasteiger partial charge in [0.25, 0.3) is 0 Å². The summed E-state index contributed by atoms with van der Waals surface area (Å²) in [5, 5.41) is 13.6. The molecule has 4 heteroatoms. The maximum absolute atomic E-state index is 12.8. The highest BCUT2D eigenvalue weighted by Gasteiger charge is 2.68. The summed E-state index contributed by atoms with van der Waals surface area (Å²) in [6.45, 7) is 7.56. The first kappa shape index (κ1) is 24.7. The normalized spacial score (nSPS) is 43.5. The molecule has 0 aromatic heterocycles. The Bertz CT molecular complexity index is 884. The van der Waals surface area contributed by atoms with Crippen molar-refractivity contribution >= 4 is 11.6 Å². The van der Waals surface area contributed by atoms with E-state index in [-0.39, 0.29) is 5.41 Å². The van der Waals surface area contributed by atoms with Crippen molar-refractivity contribution in [3.8, 4) is 0 Å². The molecule has 1 heterocycles. The van der Waals surface area contributed by atoms with Crippen LogP contribution in [0.25, 0.3) is 0 Å². The second-order valence-corrected chi connectivity index (χ2v) is 13.5. The maximum atomic E-state index is 12.8. The minimum atomic E-state index is -0.612. The van der Waals surface area contributed by atoms with Crippen molar-refractivity contribution in [1.82, 2.24) is 4.90 Å². The number of fused-ring (bicyclic) bond motifs is 5. The zero-order valence-electron chi connectivity index (χ0n) is 21.8. The van der Waals surface area contributed by atoms with Crippen molar-refractivity contribution in [3.05, 3.63) is 34.9 Å². The van der Waals surface area contributed by atoms with Crippen LogP contribution >= 0.6 is 11.6 Å². The van der Waals surface area contributed by atoms with Crippen LogP contribution in [0.3, 0.4) is 0 Å². The van der Waals surface area contributed by atoms with Gasteiger partial charge in [-0.15, -0.1) is 0 Å². The first-order chi connectivity index (χ1) is 17.0. The molecule has 0 unspecified atom stereocenters. The molecule has 0 bridgehead atoms. The zero-order chi connectivity index (χ0) is 24.1. The first-order valence-electron chi connectivity index (χ1n) is 14.7. The molecule has 1 aromatic rings.